The average molecular weight is 1220 g/mol. The van der Waals surface area contributed by atoms with Gasteiger partial charge in [0.1, 0.15) is 0 Å². The van der Waals surface area contributed by atoms with Crippen LogP contribution in [0.15, 0.2) is 158 Å². The summed E-state index contributed by atoms with van der Waals surface area (Å²) in [7, 11) is 0. The van der Waals surface area contributed by atoms with Crippen molar-refractivity contribution in [2.24, 2.45) is 11.5 Å². The van der Waals surface area contributed by atoms with Gasteiger partial charge in [0.2, 0.25) is 0 Å². The first-order valence-electron chi connectivity index (χ1n) is 35.8. The molecule has 2 aliphatic rings. The molecule has 0 spiro atoms. The average Bonchev–Trinajstić information content (AvgIpc) is 1.50. The van der Waals surface area contributed by atoms with E-state index < -0.39 is 21.9 Å². The first-order valence-corrected chi connectivity index (χ1v) is 35.8. The van der Waals surface area contributed by atoms with Gasteiger partial charge in [0.15, 0.2) is 0 Å². The van der Waals surface area contributed by atoms with Crippen LogP contribution in [-0.2, 0) is 56.4 Å². The van der Waals surface area contributed by atoms with Crippen LogP contribution < -0.4 is 11.5 Å². The lowest BCUT2D eigenvalue weighted by Gasteiger charge is -2.36. The Balaban J connectivity index is 1.33. The predicted octanol–water partition coefficient (Wildman–Crippen LogP) is 24.1. The van der Waals surface area contributed by atoms with Crippen LogP contribution in [0.1, 0.15) is 291 Å². The zero-order chi connectivity index (χ0) is 66.1. The molecule has 9 aromatic carbocycles. The lowest BCUT2D eigenvalue weighted by Crippen LogP contribution is -2.32. The second-order valence-electron chi connectivity index (χ2n) is 33.7. The number of unbranched alkanes of at least 4 members (excludes halogenated alkanes) is 10. The van der Waals surface area contributed by atoms with Crippen molar-refractivity contribution in [3.63, 3.8) is 0 Å². The Morgan fingerprint density at radius 3 is 0.772 bits per heavy atom. The zero-order valence-corrected chi connectivity index (χ0v) is 60.1. The molecule has 9 aromatic rings. The molecular weight excluding hydrogens is 1110 g/mol. The molecule has 0 amide bonds. The molecule has 2 aliphatic carbocycles. The van der Waals surface area contributed by atoms with Crippen molar-refractivity contribution in [1.82, 2.24) is 0 Å². The summed E-state index contributed by atoms with van der Waals surface area (Å²) in [5, 5.41) is 5.53. The van der Waals surface area contributed by atoms with E-state index in [1.165, 1.54) is 188 Å². The van der Waals surface area contributed by atoms with Crippen molar-refractivity contribution < 1.29 is 0 Å². The third-order valence-corrected chi connectivity index (χ3v) is 21.6. The summed E-state index contributed by atoms with van der Waals surface area (Å²) in [5.74, 6) is 0. The minimum atomic E-state index is -0.679. The minimum Gasteiger partial charge on any atom is -0.322 e. The molecule has 0 unspecified atom stereocenters. The van der Waals surface area contributed by atoms with Gasteiger partial charge in [-0.05, 0) is 232 Å². The largest absolute Gasteiger partial charge is 0.322 e. The van der Waals surface area contributed by atoms with E-state index in [1.54, 1.807) is 11.1 Å². The Kier molecular flexibility index (Phi) is 18.1. The molecule has 0 radical (unpaired) electrons. The van der Waals surface area contributed by atoms with E-state index in [1.807, 2.05) is 0 Å². The molecule has 11 rings (SSSR count). The normalized spacial score (nSPS) is 14.7. The topological polar surface area (TPSA) is 52.0 Å². The Hall–Kier alpha value is -6.58. The van der Waals surface area contributed by atoms with Gasteiger partial charge in [-0.1, -0.05) is 295 Å². The molecule has 482 valence electrons. The van der Waals surface area contributed by atoms with Crippen LogP contribution in [0.4, 0.5) is 0 Å². The van der Waals surface area contributed by atoms with E-state index in [4.69, 9.17) is 11.5 Å². The second-order valence-corrected chi connectivity index (χ2v) is 33.7. The van der Waals surface area contributed by atoms with E-state index in [0.717, 1.165) is 24.0 Å². The van der Waals surface area contributed by atoms with Crippen LogP contribution >= 0.6 is 0 Å². The fourth-order valence-corrected chi connectivity index (χ4v) is 16.0. The smallest absolute Gasteiger partial charge is 0.0713 e. The lowest BCUT2D eigenvalue weighted by atomic mass is 9.65. The molecule has 2 nitrogen and oxygen atoms in total. The van der Waals surface area contributed by atoms with Gasteiger partial charge < -0.3 is 11.5 Å². The van der Waals surface area contributed by atoms with Gasteiger partial charge >= 0.3 is 0 Å². The number of rotatable bonds is 20. The van der Waals surface area contributed by atoms with Crippen LogP contribution in [0.25, 0.3) is 43.8 Å². The highest BCUT2D eigenvalue weighted by atomic mass is 14.7. The summed E-state index contributed by atoms with van der Waals surface area (Å²) < 4.78 is 0. The number of hydrogen-bond acceptors (Lipinski definition) is 2. The van der Waals surface area contributed by atoms with Crippen LogP contribution in [0, 0.1) is 0 Å². The molecular formula is C90H112N2. The van der Waals surface area contributed by atoms with Gasteiger partial charge in [0.05, 0.1) is 10.8 Å². The maximum absolute atomic E-state index is 7.25. The standard InChI is InChI=1S/C90H112N2/c1-19-21-23-25-27-29-31-69-70(32-30-28-26-24-22-20-2)74-56-78-72-52-50-68(88(17,18)92)54-80(72)90(65-45-37-61(38-46-65)85(9,10)11,66-47-39-62(40-48-66)86(12,13)14)82(78)58-76(74)75-57-81-77(55-73(69)75)71-51-49-67(87(15,16)91)53-79(71)89(81,63-41-33-59(34-42-63)83(3,4)5)64-43-35-60(36-44-64)84(6,7)8/h33-58H,19-32,91-92H2,1-18H3. The zero-order valence-electron chi connectivity index (χ0n) is 60.1. The van der Waals surface area contributed by atoms with Crippen molar-refractivity contribution in [2.75, 3.05) is 0 Å². The Morgan fingerprint density at radius 1 is 0.261 bits per heavy atom. The first kappa shape index (κ1) is 66.9. The lowest BCUT2D eigenvalue weighted by molar-refractivity contribution is 0.552. The van der Waals surface area contributed by atoms with Gasteiger partial charge in [-0.25, -0.2) is 0 Å². The summed E-state index contributed by atoms with van der Waals surface area (Å²) >= 11 is 0. The molecule has 0 saturated heterocycles. The minimum absolute atomic E-state index is 0.0164. The van der Waals surface area contributed by atoms with E-state index >= 15 is 0 Å². The molecule has 0 atom stereocenters. The van der Waals surface area contributed by atoms with Gasteiger partial charge in [-0.15, -0.1) is 0 Å². The Bertz CT molecular complexity index is 3740. The molecule has 92 heavy (non-hydrogen) atoms. The fraction of sp³-hybridized carbons (Fsp3) is 0.444. The van der Waals surface area contributed by atoms with Gasteiger partial charge in [-0.2, -0.15) is 0 Å². The van der Waals surface area contributed by atoms with Crippen LogP contribution in [0.2, 0.25) is 0 Å². The summed E-state index contributed by atoms with van der Waals surface area (Å²) in [6, 6.07) is 64.5. The van der Waals surface area contributed by atoms with E-state index in [0.29, 0.717) is 0 Å². The molecule has 2 heteroatoms. The maximum Gasteiger partial charge on any atom is 0.0713 e. The SMILES string of the molecule is CCCCCCCCc1c(CCCCCCCC)c2cc3c(cc2c2cc4c(cc12)-c1ccc(C(C)(C)N)cc1C4(c1ccc(C(C)(C)C)cc1)c1ccc(C(C)(C)C)cc1)C(c1ccc(C(C)(C)C)cc1)(c1ccc(C(C)(C)C)cc1)c1cc(C(C)(C)N)ccc1-3. The third kappa shape index (κ3) is 12.2. The third-order valence-electron chi connectivity index (χ3n) is 21.6. The number of hydrogen-bond donors (Lipinski definition) is 2. The van der Waals surface area contributed by atoms with Crippen molar-refractivity contribution >= 4 is 21.5 Å². The van der Waals surface area contributed by atoms with E-state index in [2.05, 4.69) is 282 Å². The fourth-order valence-electron chi connectivity index (χ4n) is 16.0. The monoisotopic (exact) mass is 1220 g/mol. The van der Waals surface area contributed by atoms with Crippen LogP contribution in [0.3, 0.4) is 0 Å². The highest BCUT2D eigenvalue weighted by Gasteiger charge is 2.50. The highest BCUT2D eigenvalue weighted by molar-refractivity contribution is 6.15. The number of fused-ring (bicyclic) bond motifs is 9. The molecule has 0 aliphatic heterocycles. The van der Waals surface area contributed by atoms with Gasteiger partial charge in [-0.3, -0.25) is 0 Å². The number of nitrogens with two attached hydrogens (primary N) is 2. The van der Waals surface area contributed by atoms with Crippen molar-refractivity contribution in [3.8, 4) is 22.3 Å². The predicted molar refractivity (Wildman–Crippen MR) is 399 cm³/mol. The molecule has 0 saturated carbocycles. The quantitative estimate of drug-likeness (QED) is 0.0590. The second kappa shape index (κ2) is 25.0. The number of benzene rings is 9. The highest BCUT2D eigenvalue weighted by Crippen LogP contribution is 2.61. The summed E-state index contributed by atoms with van der Waals surface area (Å²) in [4.78, 5) is 0. The van der Waals surface area contributed by atoms with Crippen molar-refractivity contribution in [2.45, 2.75) is 258 Å². The van der Waals surface area contributed by atoms with Crippen molar-refractivity contribution in [1.29, 1.82) is 0 Å². The molecule has 0 heterocycles. The van der Waals surface area contributed by atoms with Gasteiger partial charge in [0.25, 0.3) is 0 Å². The molecule has 4 N–H and O–H groups in total. The maximum atomic E-state index is 7.25. The van der Waals surface area contributed by atoms with E-state index in [-0.39, 0.29) is 21.7 Å². The summed E-state index contributed by atoms with van der Waals surface area (Å²) in [6.45, 7) is 41.4. The van der Waals surface area contributed by atoms with Gasteiger partial charge in [0, 0.05) is 11.1 Å². The molecule has 0 bridgehead atoms. The van der Waals surface area contributed by atoms with Crippen LogP contribution in [-0.4, -0.2) is 0 Å². The molecule has 0 fully saturated rings. The number of aryl methyl sites for hydroxylation is 2. The Morgan fingerprint density at radius 2 is 0.511 bits per heavy atom. The van der Waals surface area contributed by atoms with Crippen molar-refractivity contribution in [3.05, 3.63) is 247 Å². The Labute approximate surface area is 556 Å². The summed E-state index contributed by atoms with van der Waals surface area (Å²) in [5.41, 5.74) is 38.4. The van der Waals surface area contributed by atoms with E-state index in [9.17, 15) is 0 Å². The van der Waals surface area contributed by atoms with Crippen LogP contribution in [0.5, 0.6) is 0 Å². The first-order chi connectivity index (χ1) is 43.3. The molecule has 0 aromatic heterocycles. The summed E-state index contributed by atoms with van der Waals surface area (Å²) in [6.07, 6.45) is 17.2.